The van der Waals surface area contributed by atoms with Crippen LogP contribution in [-0.4, -0.2) is 48.4 Å². The lowest BCUT2D eigenvalue weighted by Gasteiger charge is -2.30. The highest BCUT2D eigenvalue weighted by Crippen LogP contribution is 2.42. The Morgan fingerprint density at radius 1 is 1.00 bits per heavy atom. The number of rotatable bonds is 4. The van der Waals surface area contributed by atoms with Gasteiger partial charge < -0.3 is 19.3 Å². The molecule has 2 aromatic rings. The lowest BCUT2D eigenvalue weighted by Crippen LogP contribution is -2.47. The molecule has 3 heterocycles. The molecule has 6 nitrogen and oxygen atoms in total. The summed E-state index contributed by atoms with van der Waals surface area (Å²) in [5.41, 5.74) is 0.0726. The number of hydrogen-bond donors (Lipinski definition) is 1. The van der Waals surface area contributed by atoms with Gasteiger partial charge in [-0.15, -0.1) is 0 Å². The van der Waals surface area contributed by atoms with E-state index in [9.17, 15) is 13.9 Å². The summed E-state index contributed by atoms with van der Waals surface area (Å²) in [6, 6.07) is 11.9. The number of ether oxygens (including phenoxy) is 3. The zero-order valence-corrected chi connectivity index (χ0v) is 17.1. The third-order valence-electron chi connectivity index (χ3n) is 6.06. The third kappa shape index (κ3) is 3.69. The Morgan fingerprint density at radius 3 is 2.55 bits per heavy atom. The van der Waals surface area contributed by atoms with Gasteiger partial charge in [-0.05, 0) is 55.7 Å². The highest BCUT2D eigenvalue weighted by atomic mass is 19.3. The first kappa shape index (κ1) is 20.1. The van der Waals surface area contributed by atoms with Gasteiger partial charge in [0, 0.05) is 18.1 Å². The van der Waals surface area contributed by atoms with E-state index < -0.39 is 12.3 Å². The Bertz CT molecular complexity index is 996. The van der Waals surface area contributed by atoms with Crippen LogP contribution in [0.4, 0.5) is 14.5 Å². The monoisotopic (exact) mass is 431 g/mol. The summed E-state index contributed by atoms with van der Waals surface area (Å²) >= 11 is 0. The largest absolute Gasteiger partial charge is 0.486 e. The maximum Gasteiger partial charge on any atom is 0.387 e. The van der Waals surface area contributed by atoms with Gasteiger partial charge in [0.2, 0.25) is 0 Å². The predicted molar refractivity (Wildman–Crippen MR) is 110 cm³/mol. The molecule has 0 spiro atoms. The van der Waals surface area contributed by atoms with E-state index in [4.69, 9.17) is 9.47 Å². The fourth-order valence-electron chi connectivity index (χ4n) is 4.68. The lowest BCUT2D eigenvalue weighted by molar-refractivity contribution is -0.534. The van der Waals surface area contributed by atoms with E-state index in [2.05, 4.69) is 9.31 Å². The summed E-state index contributed by atoms with van der Waals surface area (Å²) in [7, 11) is 0. The molecule has 8 heteroatoms. The van der Waals surface area contributed by atoms with Crippen LogP contribution in [0.3, 0.4) is 0 Å². The van der Waals surface area contributed by atoms with Crippen LogP contribution in [0.5, 0.6) is 17.2 Å². The molecular formula is C23H25F2N2O4+. The molecule has 0 saturated heterocycles. The number of alkyl halides is 2. The molecule has 0 aliphatic carbocycles. The van der Waals surface area contributed by atoms with Crippen LogP contribution < -0.4 is 19.1 Å². The van der Waals surface area contributed by atoms with E-state index in [0.29, 0.717) is 36.8 Å². The second kappa shape index (κ2) is 8.00. The average Bonchev–Trinajstić information content (AvgIpc) is 2.89. The minimum atomic E-state index is -2.89. The van der Waals surface area contributed by atoms with Crippen LogP contribution in [-0.2, 0) is 5.72 Å². The number of amidine groups is 1. The number of aliphatic hydroxyl groups is 1. The van der Waals surface area contributed by atoms with Crippen molar-refractivity contribution < 1.29 is 32.7 Å². The Hall–Kier alpha value is -2.87. The van der Waals surface area contributed by atoms with Crippen molar-refractivity contribution in [2.75, 3.05) is 31.2 Å². The topological polar surface area (TPSA) is 54.2 Å². The molecule has 164 valence electrons. The first-order valence-electron chi connectivity index (χ1n) is 10.6. The van der Waals surface area contributed by atoms with Crippen molar-refractivity contribution in [1.29, 1.82) is 0 Å². The van der Waals surface area contributed by atoms with E-state index in [1.165, 1.54) is 12.1 Å². The quantitative estimate of drug-likeness (QED) is 0.748. The van der Waals surface area contributed by atoms with Gasteiger partial charge in [-0.1, -0.05) is 0 Å². The molecule has 3 aliphatic rings. The molecule has 0 radical (unpaired) electrons. The standard InChI is InChI=1S/C23H25F2N2O4/c24-22(25)31-18-8-5-16(6-9-18)23(28)15-26-11-3-1-2-4-21(26)27(23)17-7-10-19-20(14-17)30-13-12-29-19/h5-10,14,22,28H,1-4,11-13,15H2/q+1. The molecule has 0 amide bonds. The minimum absolute atomic E-state index is 0.0633. The van der Waals surface area contributed by atoms with Gasteiger partial charge >= 0.3 is 6.61 Å². The van der Waals surface area contributed by atoms with Crippen LogP contribution in [0.25, 0.3) is 0 Å². The fourth-order valence-corrected chi connectivity index (χ4v) is 4.68. The van der Waals surface area contributed by atoms with E-state index in [-0.39, 0.29) is 5.75 Å². The molecule has 1 unspecified atom stereocenters. The summed E-state index contributed by atoms with van der Waals surface area (Å²) in [6.07, 6.45) is 4.11. The van der Waals surface area contributed by atoms with Crippen LogP contribution in [0.15, 0.2) is 42.5 Å². The molecule has 0 aromatic heterocycles. The minimum Gasteiger partial charge on any atom is -0.486 e. The Morgan fingerprint density at radius 2 is 1.77 bits per heavy atom. The van der Waals surface area contributed by atoms with Gasteiger partial charge in [0.15, 0.2) is 18.0 Å². The van der Waals surface area contributed by atoms with Gasteiger partial charge in [0.25, 0.3) is 11.6 Å². The predicted octanol–water partition coefficient (Wildman–Crippen LogP) is 3.71. The highest BCUT2D eigenvalue weighted by Gasteiger charge is 2.54. The molecule has 1 atom stereocenters. The van der Waals surface area contributed by atoms with Crippen LogP contribution in [0.1, 0.15) is 31.2 Å². The zero-order valence-electron chi connectivity index (χ0n) is 17.1. The Balaban J connectivity index is 1.56. The SMILES string of the molecule is OC1(c2ccc(OC(F)F)cc2)C[N+]2=C(CCCCC2)N1c1ccc2c(c1)OCCO2. The summed E-state index contributed by atoms with van der Waals surface area (Å²) < 4.78 is 43.2. The number of halogens is 2. The van der Waals surface area contributed by atoms with Crippen molar-refractivity contribution in [2.45, 2.75) is 38.0 Å². The van der Waals surface area contributed by atoms with E-state index in [0.717, 1.165) is 43.8 Å². The molecular weight excluding hydrogens is 406 g/mol. The molecule has 2 aromatic carbocycles. The summed E-state index contributed by atoms with van der Waals surface area (Å²) in [5, 5.41) is 12.0. The molecule has 5 rings (SSSR count). The molecule has 31 heavy (non-hydrogen) atoms. The van der Waals surface area contributed by atoms with Gasteiger partial charge in [-0.25, -0.2) is 0 Å². The first-order chi connectivity index (χ1) is 15.0. The van der Waals surface area contributed by atoms with Crippen molar-refractivity contribution in [3.8, 4) is 17.2 Å². The average molecular weight is 431 g/mol. The zero-order chi connectivity index (χ0) is 21.4. The number of hydrogen-bond acceptors (Lipinski definition) is 5. The number of anilines is 1. The summed E-state index contributed by atoms with van der Waals surface area (Å²) in [6.45, 7) is -0.632. The second-order valence-electron chi connectivity index (χ2n) is 8.03. The Labute approximate surface area is 179 Å². The highest BCUT2D eigenvalue weighted by molar-refractivity contribution is 5.97. The Kier molecular flexibility index (Phi) is 5.17. The third-order valence-corrected chi connectivity index (χ3v) is 6.06. The van der Waals surface area contributed by atoms with E-state index in [1.807, 2.05) is 23.1 Å². The molecule has 1 N–H and O–H groups in total. The lowest BCUT2D eigenvalue weighted by atomic mass is 9.99. The second-order valence-corrected chi connectivity index (χ2v) is 8.03. The van der Waals surface area contributed by atoms with Crippen molar-refractivity contribution in [3.05, 3.63) is 48.0 Å². The van der Waals surface area contributed by atoms with E-state index in [1.54, 1.807) is 12.1 Å². The molecule has 0 saturated carbocycles. The van der Waals surface area contributed by atoms with Gasteiger partial charge in [0.05, 0.1) is 6.54 Å². The van der Waals surface area contributed by atoms with Crippen molar-refractivity contribution >= 4 is 11.5 Å². The fraction of sp³-hybridized carbons (Fsp3) is 0.435. The maximum absolute atomic E-state index is 12.5. The van der Waals surface area contributed by atoms with Crippen LogP contribution in [0, 0.1) is 0 Å². The van der Waals surface area contributed by atoms with Gasteiger partial charge in [-0.3, -0.25) is 4.58 Å². The van der Waals surface area contributed by atoms with Crippen LogP contribution in [0.2, 0.25) is 0 Å². The van der Waals surface area contributed by atoms with Crippen molar-refractivity contribution in [3.63, 3.8) is 0 Å². The number of fused-ring (bicyclic) bond motifs is 1. The van der Waals surface area contributed by atoms with Gasteiger partial charge in [-0.2, -0.15) is 13.7 Å². The van der Waals surface area contributed by atoms with Crippen molar-refractivity contribution in [1.82, 2.24) is 0 Å². The molecule has 0 fully saturated rings. The normalized spacial score (nSPS) is 23.0. The maximum atomic E-state index is 12.5. The van der Waals surface area contributed by atoms with E-state index >= 15 is 0 Å². The van der Waals surface area contributed by atoms with Crippen LogP contribution >= 0.6 is 0 Å². The smallest absolute Gasteiger partial charge is 0.387 e. The number of benzene rings is 2. The summed E-state index contributed by atoms with van der Waals surface area (Å²) in [5.74, 6) is 2.46. The molecule has 3 aliphatic heterocycles. The van der Waals surface area contributed by atoms with Gasteiger partial charge in [0.1, 0.15) is 24.7 Å². The number of nitrogens with zero attached hydrogens (tertiary/aromatic N) is 2. The first-order valence-corrected chi connectivity index (χ1v) is 10.6. The van der Waals surface area contributed by atoms with Crippen molar-refractivity contribution in [2.24, 2.45) is 0 Å². The summed E-state index contributed by atoms with van der Waals surface area (Å²) in [4.78, 5) is 1.96. The molecule has 0 bridgehead atoms.